The zero-order chi connectivity index (χ0) is 17.8. The largest absolute Gasteiger partial charge is 0.497 e. The number of hydrogen-bond acceptors (Lipinski definition) is 5. The minimum Gasteiger partial charge on any atom is -0.497 e. The fourth-order valence-corrected chi connectivity index (χ4v) is 3.32. The predicted octanol–water partition coefficient (Wildman–Crippen LogP) is 2.07. The maximum Gasteiger partial charge on any atom is 0.252 e. The zero-order valence-electron chi connectivity index (χ0n) is 14.7. The van der Waals surface area contributed by atoms with Crippen LogP contribution in [0.5, 0.6) is 5.75 Å². The highest BCUT2D eigenvalue weighted by atomic mass is 16.5. The number of nitrogens with zero attached hydrogens (tertiary/aromatic N) is 3. The molecule has 2 aromatic rings. The van der Waals surface area contributed by atoms with Gasteiger partial charge < -0.3 is 15.4 Å². The topological polar surface area (TPSA) is 71.7 Å². The SMILES string of the molecule is COc1cccc([C@@H](C)N2CCN(c3ccncc3C(N)=O)CC2)c1. The highest BCUT2D eigenvalue weighted by Gasteiger charge is 2.24. The molecule has 132 valence electrons. The van der Waals surface area contributed by atoms with E-state index in [1.54, 1.807) is 19.5 Å². The Bertz CT molecular complexity index is 742. The van der Waals surface area contributed by atoms with Crippen LogP contribution in [0.1, 0.15) is 28.9 Å². The smallest absolute Gasteiger partial charge is 0.252 e. The van der Waals surface area contributed by atoms with Crippen molar-refractivity contribution >= 4 is 11.6 Å². The molecule has 1 fully saturated rings. The van der Waals surface area contributed by atoms with E-state index in [0.29, 0.717) is 11.6 Å². The van der Waals surface area contributed by atoms with Gasteiger partial charge in [-0.15, -0.1) is 0 Å². The lowest BCUT2D eigenvalue weighted by Gasteiger charge is -2.39. The van der Waals surface area contributed by atoms with Gasteiger partial charge in [-0.25, -0.2) is 0 Å². The summed E-state index contributed by atoms with van der Waals surface area (Å²) in [5.41, 5.74) is 8.07. The number of methoxy groups -OCH3 is 1. The number of amides is 1. The first kappa shape index (κ1) is 17.2. The highest BCUT2D eigenvalue weighted by molar-refractivity contribution is 5.98. The van der Waals surface area contributed by atoms with Crippen molar-refractivity contribution in [2.24, 2.45) is 5.73 Å². The van der Waals surface area contributed by atoms with Crippen molar-refractivity contribution in [1.82, 2.24) is 9.88 Å². The van der Waals surface area contributed by atoms with Crippen LogP contribution in [0, 0.1) is 0 Å². The van der Waals surface area contributed by atoms with Gasteiger partial charge in [-0.05, 0) is 30.7 Å². The summed E-state index contributed by atoms with van der Waals surface area (Å²) < 4.78 is 5.33. The van der Waals surface area contributed by atoms with Crippen LogP contribution in [0.3, 0.4) is 0 Å². The second-order valence-electron chi connectivity index (χ2n) is 6.23. The number of piperazine rings is 1. The number of hydrogen-bond donors (Lipinski definition) is 1. The molecule has 2 N–H and O–H groups in total. The van der Waals surface area contributed by atoms with Crippen LogP contribution in [-0.4, -0.2) is 49.1 Å². The standard InChI is InChI=1S/C19H24N4O2/c1-14(15-4-3-5-16(12-15)25-2)22-8-10-23(11-9-22)18-6-7-21-13-17(18)19(20)24/h3-7,12-14H,8-11H2,1-2H3,(H2,20,24)/t14-/m1/s1. The second-order valence-corrected chi connectivity index (χ2v) is 6.23. The summed E-state index contributed by atoms with van der Waals surface area (Å²) in [6, 6.07) is 10.4. The zero-order valence-corrected chi connectivity index (χ0v) is 14.7. The number of benzene rings is 1. The summed E-state index contributed by atoms with van der Waals surface area (Å²) in [7, 11) is 1.69. The van der Waals surface area contributed by atoms with Gasteiger partial charge in [0.1, 0.15) is 5.75 Å². The van der Waals surface area contributed by atoms with Crippen LogP contribution >= 0.6 is 0 Å². The van der Waals surface area contributed by atoms with E-state index in [-0.39, 0.29) is 0 Å². The van der Waals surface area contributed by atoms with Crippen LogP contribution in [0.15, 0.2) is 42.7 Å². The van der Waals surface area contributed by atoms with Crippen molar-refractivity contribution in [1.29, 1.82) is 0 Å². The normalized spacial score (nSPS) is 16.5. The molecule has 0 spiro atoms. The maximum atomic E-state index is 11.6. The Morgan fingerprint density at radius 2 is 2.00 bits per heavy atom. The Morgan fingerprint density at radius 3 is 2.68 bits per heavy atom. The number of pyridine rings is 1. The number of carbonyl (C=O) groups excluding carboxylic acids is 1. The molecule has 1 atom stereocenters. The molecule has 0 aliphatic carbocycles. The van der Waals surface area contributed by atoms with E-state index >= 15 is 0 Å². The van der Waals surface area contributed by atoms with Crippen molar-refractivity contribution in [3.8, 4) is 5.75 Å². The predicted molar refractivity (Wildman–Crippen MR) is 97.9 cm³/mol. The third-order valence-electron chi connectivity index (χ3n) is 4.84. The van der Waals surface area contributed by atoms with E-state index in [1.165, 1.54) is 5.56 Å². The summed E-state index contributed by atoms with van der Waals surface area (Å²) in [5, 5.41) is 0. The summed E-state index contributed by atoms with van der Waals surface area (Å²) >= 11 is 0. The van der Waals surface area contributed by atoms with Crippen molar-refractivity contribution in [2.45, 2.75) is 13.0 Å². The Labute approximate surface area is 148 Å². The third kappa shape index (κ3) is 3.74. The van der Waals surface area contributed by atoms with Crippen LogP contribution < -0.4 is 15.4 Å². The van der Waals surface area contributed by atoms with Gasteiger partial charge in [0, 0.05) is 44.6 Å². The van der Waals surface area contributed by atoms with E-state index in [4.69, 9.17) is 10.5 Å². The second kappa shape index (κ2) is 7.53. The third-order valence-corrected chi connectivity index (χ3v) is 4.84. The molecule has 1 saturated heterocycles. The Morgan fingerprint density at radius 1 is 1.24 bits per heavy atom. The molecule has 6 heteroatoms. The molecule has 2 heterocycles. The maximum absolute atomic E-state index is 11.6. The van der Waals surface area contributed by atoms with E-state index in [1.807, 2.05) is 18.2 Å². The molecule has 1 aliphatic rings. The number of ether oxygens (including phenoxy) is 1. The number of nitrogens with two attached hydrogens (primary N) is 1. The minimum absolute atomic E-state index is 0.310. The summed E-state index contributed by atoms with van der Waals surface area (Å²) in [6.45, 7) is 5.74. The van der Waals surface area contributed by atoms with E-state index < -0.39 is 5.91 Å². The molecule has 1 aliphatic heterocycles. The van der Waals surface area contributed by atoms with Crippen molar-refractivity contribution in [3.63, 3.8) is 0 Å². The van der Waals surface area contributed by atoms with Gasteiger partial charge in [0.25, 0.3) is 5.91 Å². The van der Waals surface area contributed by atoms with Crippen LogP contribution in [-0.2, 0) is 0 Å². The van der Waals surface area contributed by atoms with Crippen LogP contribution in [0.2, 0.25) is 0 Å². The number of aromatic nitrogens is 1. The average Bonchev–Trinajstić information content (AvgIpc) is 2.67. The Hall–Kier alpha value is -2.60. The fourth-order valence-electron chi connectivity index (χ4n) is 3.32. The lowest BCUT2D eigenvalue weighted by molar-refractivity contribution is 0.1000. The first-order valence-electron chi connectivity index (χ1n) is 8.47. The van der Waals surface area contributed by atoms with Gasteiger partial charge in [0.2, 0.25) is 0 Å². The number of primary amides is 1. The molecule has 0 bridgehead atoms. The number of rotatable bonds is 5. The van der Waals surface area contributed by atoms with Crippen molar-refractivity contribution in [2.75, 3.05) is 38.2 Å². The highest BCUT2D eigenvalue weighted by Crippen LogP contribution is 2.27. The Balaban J connectivity index is 1.68. The van der Waals surface area contributed by atoms with Gasteiger partial charge in [-0.1, -0.05) is 12.1 Å². The quantitative estimate of drug-likeness (QED) is 0.902. The first-order chi connectivity index (χ1) is 12.1. The molecular formula is C19H24N4O2. The fraction of sp³-hybridized carbons (Fsp3) is 0.368. The van der Waals surface area contributed by atoms with Gasteiger partial charge in [0.05, 0.1) is 18.4 Å². The van der Waals surface area contributed by atoms with E-state index in [9.17, 15) is 4.79 Å². The molecule has 0 saturated carbocycles. The van der Waals surface area contributed by atoms with Crippen molar-refractivity contribution in [3.05, 3.63) is 53.9 Å². The van der Waals surface area contributed by atoms with Gasteiger partial charge in [0.15, 0.2) is 0 Å². The summed E-state index contributed by atoms with van der Waals surface area (Å²) in [6.07, 6.45) is 3.25. The lowest BCUT2D eigenvalue weighted by Crippen LogP contribution is -2.47. The summed E-state index contributed by atoms with van der Waals surface area (Å²) in [5.74, 6) is 0.446. The molecule has 1 amide bonds. The van der Waals surface area contributed by atoms with Crippen LogP contribution in [0.4, 0.5) is 5.69 Å². The molecule has 1 aromatic heterocycles. The summed E-state index contributed by atoms with van der Waals surface area (Å²) in [4.78, 5) is 20.3. The van der Waals surface area contributed by atoms with Crippen LogP contribution in [0.25, 0.3) is 0 Å². The molecule has 25 heavy (non-hydrogen) atoms. The van der Waals surface area contributed by atoms with E-state index in [2.05, 4.69) is 33.8 Å². The molecule has 0 unspecified atom stereocenters. The van der Waals surface area contributed by atoms with Gasteiger partial charge >= 0.3 is 0 Å². The minimum atomic E-state index is -0.435. The Kier molecular flexibility index (Phi) is 5.19. The molecule has 3 rings (SSSR count). The number of anilines is 1. The molecule has 1 aromatic carbocycles. The van der Waals surface area contributed by atoms with Gasteiger partial charge in [-0.2, -0.15) is 0 Å². The monoisotopic (exact) mass is 340 g/mol. The molecule has 6 nitrogen and oxygen atoms in total. The lowest BCUT2D eigenvalue weighted by atomic mass is 10.1. The van der Waals surface area contributed by atoms with E-state index in [0.717, 1.165) is 37.6 Å². The molecule has 0 radical (unpaired) electrons. The number of carbonyl (C=O) groups is 1. The average molecular weight is 340 g/mol. The molecular weight excluding hydrogens is 316 g/mol. The first-order valence-corrected chi connectivity index (χ1v) is 8.47. The van der Waals surface area contributed by atoms with Crippen molar-refractivity contribution < 1.29 is 9.53 Å². The van der Waals surface area contributed by atoms with Gasteiger partial charge in [-0.3, -0.25) is 14.7 Å².